The molecule has 2 N–H and O–H groups in total. The number of ether oxygens (including phenoxy) is 1. The lowest BCUT2D eigenvalue weighted by Gasteiger charge is -2.23. The maximum atomic E-state index is 6.22. The zero-order chi connectivity index (χ0) is 14.2. The Balaban J connectivity index is 1.95. The lowest BCUT2D eigenvalue weighted by molar-refractivity contribution is 0.00355. The maximum Gasteiger partial charge on any atom is 0.183 e. The monoisotopic (exact) mass is 293 g/mol. The maximum absolute atomic E-state index is 6.22. The predicted octanol–water partition coefficient (Wildman–Crippen LogP) is 2.14. The third kappa shape index (κ3) is 2.48. The second-order valence-corrected chi connectivity index (χ2v) is 5.71. The minimum absolute atomic E-state index is 0.225. The van der Waals surface area contributed by atoms with Crippen molar-refractivity contribution in [3.8, 4) is 11.4 Å². The van der Waals surface area contributed by atoms with Gasteiger partial charge in [0.15, 0.2) is 5.82 Å². The first-order valence-electron chi connectivity index (χ1n) is 6.53. The van der Waals surface area contributed by atoms with Crippen LogP contribution in [0.25, 0.3) is 11.4 Å². The van der Waals surface area contributed by atoms with Crippen LogP contribution in [0.15, 0.2) is 18.2 Å². The molecule has 2 aromatic rings. The first-order chi connectivity index (χ1) is 9.57. The minimum Gasteiger partial charge on any atom is -0.399 e. The van der Waals surface area contributed by atoms with Crippen LogP contribution in [0.2, 0.25) is 5.02 Å². The minimum atomic E-state index is -0.225. The van der Waals surface area contributed by atoms with Gasteiger partial charge in [-0.25, -0.2) is 4.68 Å². The second kappa shape index (κ2) is 5.03. The number of nitrogen functional groups attached to an aromatic ring is 1. The standard InChI is InChI=1S/C13H16ClN5O/c1-13(5-2-6-20-13)8-19-12(16-17-18-19)10-7-9(15)3-4-11(10)14/h3-4,7H,2,5-6,8,15H2,1H3. The number of halogens is 1. The van der Waals surface area contributed by atoms with Crippen molar-refractivity contribution in [1.29, 1.82) is 0 Å². The molecule has 1 fully saturated rings. The van der Waals surface area contributed by atoms with E-state index in [-0.39, 0.29) is 5.60 Å². The molecule has 0 amide bonds. The number of anilines is 1. The van der Waals surface area contributed by atoms with Gasteiger partial charge < -0.3 is 10.5 Å². The quantitative estimate of drug-likeness (QED) is 0.877. The molecule has 0 radical (unpaired) electrons. The molecule has 7 heteroatoms. The van der Waals surface area contributed by atoms with Crippen molar-refractivity contribution in [2.75, 3.05) is 12.3 Å². The fourth-order valence-electron chi connectivity index (χ4n) is 2.50. The predicted molar refractivity (Wildman–Crippen MR) is 76.3 cm³/mol. The van der Waals surface area contributed by atoms with Crippen LogP contribution in [0.1, 0.15) is 19.8 Å². The van der Waals surface area contributed by atoms with Crippen molar-refractivity contribution in [2.45, 2.75) is 31.9 Å². The van der Waals surface area contributed by atoms with E-state index in [1.807, 2.05) is 0 Å². The number of tetrazole rings is 1. The van der Waals surface area contributed by atoms with E-state index >= 15 is 0 Å². The van der Waals surface area contributed by atoms with Crippen LogP contribution < -0.4 is 5.73 Å². The molecule has 0 spiro atoms. The second-order valence-electron chi connectivity index (χ2n) is 5.30. The highest BCUT2D eigenvalue weighted by molar-refractivity contribution is 6.33. The summed E-state index contributed by atoms with van der Waals surface area (Å²) in [6.45, 7) is 3.46. The van der Waals surface area contributed by atoms with Crippen LogP contribution in [0.3, 0.4) is 0 Å². The molecular formula is C13H16ClN5O. The van der Waals surface area contributed by atoms with Crippen molar-refractivity contribution in [3.63, 3.8) is 0 Å². The van der Waals surface area contributed by atoms with E-state index in [4.69, 9.17) is 22.1 Å². The molecule has 1 unspecified atom stereocenters. The summed E-state index contributed by atoms with van der Waals surface area (Å²) in [6.07, 6.45) is 2.06. The number of nitrogens with zero attached hydrogens (tertiary/aromatic N) is 4. The summed E-state index contributed by atoms with van der Waals surface area (Å²) in [4.78, 5) is 0. The van der Waals surface area contributed by atoms with Gasteiger partial charge in [0.05, 0.1) is 17.2 Å². The summed E-state index contributed by atoms with van der Waals surface area (Å²) in [6, 6.07) is 5.28. The first kappa shape index (κ1) is 13.3. The smallest absolute Gasteiger partial charge is 0.183 e. The Morgan fingerprint density at radius 1 is 1.50 bits per heavy atom. The molecule has 2 heterocycles. The number of hydrogen-bond acceptors (Lipinski definition) is 5. The zero-order valence-corrected chi connectivity index (χ0v) is 12.0. The molecule has 0 saturated carbocycles. The Kier molecular flexibility index (Phi) is 3.35. The highest BCUT2D eigenvalue weighted by Crippen LogP contribution is 2.31. The molecule has 106 valence electrons. The van der Waals surface area contributed by atoms with Gasteiger partial charge in [-0.15, -0.1) is 5.10 Å². The van der Waals surface area contributed by atoms with Gasteiger partial charge in [0.2, 0.25) is 0 Å². The van der Waals surface area contributed by atoms with E-state index in [2.05, 4.69) is 22.4 Å². The number of benzene rings is 1. The number of aromatic nitrogens is 4. The number of nitrogens with two attached hydrogens (primary N) is 1. The number of hydrogen-bond donors (Lipinski definition) is 1. The highest BCUT2D eigenvalue weighted by Gasteiger charge is 2.32. The summed E-state index contributed by atoms with van der Waals surface area (Å²) in [5, 5.41) is 12.4. The Morgan fingerprint density at radius 3 is 3.10 bits per heavy atom. The Labute approximate surface area is 121 Å². The van der Waals surface area contributed by atoms with Crippen LogP contribution in [-0.4, -0.2) is 32.4 Å². The summed E-state index contributed by atoms with van der Waals surface area (Å²) in [5.41, 5.74) is 6.95. The lowest BCUT2D eigenvalue weighted by Crippen LogP contribution is -2.30. The average molecular weight is 294 g/mol. The van der Waals surface area contributed by atoms with Crippen LogP contribution in [-0.2, 0) is 11.3 Å². The van der Waals surface area contributed by atoms with Crippen LogP contribution >= 0.6 is 11.6 Å². The molecular weight excluding hydrogens is 278 g/mol. The van der Waals surface area contributed by atoms with Gasteiger partial charge in [-0.2, -0.15) is 0 Å². The van der Waals surface area contributed by atoms with Crippen molar-refractivity contribution >= 4 is 17.3 Å². The van der Waals surface area contributed by atoms with Gasteiger partial charge in [-0.1, -0.05) is 11.6 Å². The van der Waals surface area contributed by atoms with Gasteiger partial charge in [-0.3, -0.25) is 0 Å². The van der Waals surface area contributed by atoms with E-state index in [0.717, 1.165) is 25.0 Å². The summed E-state index contributed by atoms with van der Waals surface area (Å²) < 4.78 is 7.51. The molecule has 0 aliphatic carbocycles. The largest absolute Gasteiger partial charge is 0.399 e. The van der Waals surface area contributed by atoms with Crippen molar-refractivity contribution in [1.82, 2.24) is 20.2 Å². The van der Waals surface area contributed by atoms with Crippen molar-refractivity contribution < 1.29 is 4.74 Å². The molecule has 1 aromatic heterocycles. The summed E-state index contributed by atoms with van der Waals surface area (Å²) in [5.74, 6) is 0.610. The molecule has 0 bridgehead atoms. The van der Waals surface area contributed by atoms with Crippen LogP contribution in [0.4, 0.5) is 5.69 Å². The van der Waals surface area contributed by atoms with E-state index in [9.17, 15) is 0 Å². The van der Waals surface area contributed by atoms with E-state index in [1.54, 1.807) is 22.9 Å². The van der Waals surface area contributed by atoms with Gasteiger partial charge in [0.1, 0.15) is 0 Å². The Morgan fingerprint density at radius 2 is 2.35 bits per heavy atom. The van der Waals surface area contributed by atoms with Gasteiger partial charge in [0, 0.05) is 17.9 Å². The Bertz CT molecular complexity index is 621. The third-order valence-corrected chi connectivity index (χ3v) is 3.88. The lowest BCUT2D eigenvalue weighted by atomic mass is 10.0. The summed E-state index contributed by atoms with van der Waals surface area (Å²) in [7, 11) is 0. The fourth-order valence-corrected chi connectivity index (χ4v) is 2.70. The van der Waals surface area contributed by atoms with E-state index in [0.29, 0.717) is 23.1 Å². The molecule has 1 aromatic carbocycles. The molecule has 1 aliphatic heterocycles. The van der Waals surface area contributed by atoms with Gasteiger partial charge >= 0.3 is 0 Å². The third-order valence-electron chi connectivity index (χ3n) is 3.55. The van der Waals surface area contributed by atoms with E-state index < -0.39 is 0 Å². The van der Waals surface area contributed by atoms with E-state index in [1.165, 1.54) is 0 Å². The highest BCUT2D eigenvalue weighted by atomic mass is 35.5. The van der Waals surface area contributed by atoms with Gasteiger partial charge in [0.25, 0.3) is 0 Å². The Hall–Kier alpha value is -1.66. The summed E-state index contributed by atoms with van der Waals surface area (Å²) >= 11 is 6.22. The van der Waals surface area contributed by atoms with Crippen LogP contribution in [0.5, 0.6) is 0 Å². The van der Waals surface area contributed by atoms with Crippen LogP contribution in [0, 0.1) is 0 Å². The van der Waals surface area contributed by atoms with Crippen molar-refractivity contribution in [2.24, 2.45) is 0 Å². The fraction of sp³-hybridized carbons (Fsp3) is 0.462. The average Bonchev–Trinajstić information content (AvgIpc) is 3.02. The van der Waals surface area contributed by atoms with Gasteiger partial charge in [-0.05, 0) is 48.4 Å². The van der Waals surface area contributed by atoms with Crippen molar-refractivity contribution in [3.05, 3.63) is 23.2 Å². The first-order valence-corrected chi connectivity index (χ1v) is 6.91. The molecule has 1 atom stereocenters. The topological polar surface area (TPSA) is 78.9 Å². The SMILES string of the molecule is CC1(Cn2nnnc2-c2cc(N)ccc2Cl)CCCO1. The molecule has 1 aliphatic rings. The molecule has 3 rings (SSSR count). The molecule has 20 heavy (non-hydrogen) atoms. The zero-order valence-electron chi connectivity index (χ0n) is 11.2. The number of rotatable bonds is 3. The molecule has 6 nitrogen and oxygen atoms in total. The molecule has 1 saturated heterocycles. The normalized spacial score (nSPS) is 22.3.